The lowest BCUT2D eigenvalue weighted by molar-refractivity contribution is 0.0956. The second-order valence-corrected chi connectivity index (χ2v) is 5.94. The molecule has 0 saturated heterocycles. The maximum absolute atomic E-state index is 11.7. The van der Waals surface area contributed by atoms with Gasteiger partial charge in [-0.3, -0.25) is 4.79 Å². The van der Waals surface area contributed by atoms with Gasteiger partial charge < -0.3 is 10.6 Å². The molecule has 0 aliphatic carbocycles. The van der Waals surface area contributed by atoms with Crippen molar-refractivity contribution in [1.29, 1.82) is 0 Å². The Balaban J connectivity index is 2.00. The van der Waals surface area contributed by atoms with E-state index in [1.54, 1.807) is 11.3 Å². The molecule has 1 amide bonds. The minimum atomic E-state index is -0.0370. The van der Waals surface area contributed by atoms with E-state index in [0.29, 0.717) is 12.1 Å². The summed E-state index contributed by atoms with van der Waals surface area (Å²) in [4.78, 5) is 13.0. The number of amides is 1. The minimum absolute atomic E-state index is 0.0370. The van der Waals surface area contributed by atoms with Crippen molar-refractivity contribution in [1.82, 2.24) is 5.32 Å². The number of benzene rings is 1. The Morgan fingerprint density at radius 2 is 2.21 bits per heavy atom. The van der Waals surface area contributed by atoms with Gasteiger partial charge in [-0.2, -0.15) is 0 Å². The molecule has 3 nitrogen and oxygen atoms in total. The van der Waals surface area contributed by atoms with Crippen LogP contribution in [0.2, 0.25) is 0 Å². The molecule has 0 saturated carbocycles. The van der Waals surface area contributed by atoms with Crippen molar-refractivity contribution >= 4 is 38.9 Å². The van der Waals surface area contributed by atoms with Gasteiger partial charge in [0.25, 0.3) is 5.91 Å². The number of halogens is 1. The Morgan fingerprint density at radius 1 is 1.37 bits per heavy atom. The van der Waals surface area contributed by atoms with Crippen LogP contribution < -0.4 is 10.6 Å². The molecule has 0 radical (unpaired) electrons. The third-order valence-corrected chi connectivity index (χ3v) is 4.25. The number of rotatable bonds is 5. The number of thiophene rings is 1. The molecule has 2 rings (SSSR count). The molecule has 0 atom stereocenters. The van der Waals surface area contributed by atoms with Crippen LogP contribution in [0, 0.1) is 0 Å². The zero-order chi connectivity index (χ0) is 13.7. The smallest absolute Gasteiger partial charge is 0.251 e. The zero-order valence-electron chi connectivity index (χ0n) is 10.6. The predicted molar refractivity (Wildman–Crippen MR) is 83.8 cm³/mol. The summed E-state index contributed by atoms with van der Waals surface area (Å²) in [6.07, 6.45) is 0. The van der Waals surface area contributed by atoms with Gasteiger partial charge >= 0.3 is 0 Å². The average molecular weight is 339 g/mol. The third kappa shape index (κ3) is 4.08. The molecule has 0 spiro atoms. The van der Waals surface area contributed by atoms with Gasteiger partial charge in [0.15, 0.2) is 0 Å². The van der Waals surface area contributed by atoms with Gasteiger partial charge in [0.05, 0.1) is 0 Å². The molecular formula is C14H15BrN2OS. The van der Waals surface area contributed by atoms with Gasteiger partial charge in [-0.1, -0.05) is 6.07 Å². The molecule has 0 aliphatic heterocycles. The van der Waals surface area contributed by atoms with Gasteiger partial charge in [0, 0.05) is 39.1 Å². The van der Waals surface area contributed by atoms with Crippen LogP contribution in [0.3, 0.4) is 0 Å². The number of carbonyl (C=O) groups is 1. The number of hydrogen-bond acceptors (Lipinski definition) is 3. The highest BCUT2D eigenvalue weighted by atomic mass is 79.9. The highest BCUT2D eigenvalue weighted by Gasteiger charge is 2.04. The molecule has 1 aromatic carbocycles. The van der Waals surface area contributed by atoms with E-state index in [-0.39, 0.29) is 5.91 Å². The molecule has 0 unspecified atom stereocenters. The summed E-state index contributed by atoms with van der Waals surface area (Å²) in [6, 6.07) is 9.62. The van der Waals surface area contributed by atoms with Crippen LogP contribution in [-0.4, -0.2) is 12.5 Å². The van der Waals surface area contributed by atoms with Crippen LogP contribution >= 0.6 is 27.3 Å². The van der Waals surface area contributed by atoms with Crippen molar-refractivity contribution in [3.05, 3.63) is 50.6 Å². The maximum atomic E-state index is 11.7. The van der Waals surface area contributed by atoms with E-state index in [9.17, 15) is 4.79 Å². The molecule has 5 heteroatoms. The lowest BCUT2D eigenvalue weighted by atomic mass is 10.2. The second kappa shape index (κ2) is 6.73. The van der Waals surface area contributed by atoms with Crippen LogP contribution in [0.25, 0.3) is 0 Å². The average Bonchev–Trinajstić information content (AvgIpc) is 2.83. The number of carbonyl (C=O) groups excluding carboxylic acids is 1. The fourth-order valence-corrected chi connectivity index (χ4v) is 3.06. The molecule has 0 fully saturated rings. The second-order valence-electron chi connectivity index (χ2n) is 4.03. The van der Waals surface area contributed by atoms with Gasteiger partial charge in [-0.05, 0) is 47.1 Å². The molecule has 0 bridgehead atoms. The van der Waals surface area contributed by atoms with E-state index in [2.05, 4.69) is 38.0 Å². The first-order chi connectivity index (χ1) is 9.19. The van der Waals surface area contributed by atoms with Crippen LogP contribution in [-0.2, 0) is 6.54 Å². The molecule has 1 aromatic heterocycles. The summed E-state index contributed by atoms with van der Waals surface area (Å²) >= 11 is 5.13. The molecule has 0 aliphatic rings. The molecule has 100 valence electrons. The van der Waals surface area contributed by atoms with Gasteiger partial charge in [0.1, 0.15) is 0 Å². The Bertz CT molecular complexity index is 568. The van der Waals surface area contributed by atoms with Crippen molar-refractivity contribution in [2.75, 3.05) is 11.9 Å². The fraction of sp³-hybridized carbons (Fsp3) is 0.214. The Morgan fingerprint density at radius 3 is 2.89 bits per heavy atom. The van der Waals surface area contributed by atoms with Gasteiger partial charge in [-0.15, -0.1) is 11.3 Å². The fourth-order valence-electron chi connectivity index (χ4n) is 1.67. The first-order valence-corrected chi connectivity index (χ1v) is 7.71. The highest BCUT2D eigenvalue weighted by molar-refractivity contribution is 9.10. The molecule has 2 N–H and O–H groups in total. The normalized spacial score (nSPS) is 10.2. The van der Waals surface area contributed by atoms with Crippen LogP contribution in [0.4, 0.5) is 5.69 Å². The van der Waals surface area contributed by atoms with Crippen molar-refractivity contribution in [3.8, 4) is 0 Å². The SMILES string of the molecule is CCNC(=O)c1cccc(NCc2cc(Br)cs2)c1. The summed E-state index contributed by atoms with van der Waals surface area (Å²) in [5.74, 6) is -0.0370. The van der Waals surface area contributed by atoms with E-state index < -0.39 is 0 Å². The standard InChI is InChI=1S/C14H15BrN2OS/c1-2-16-14(18)10-4-3-5-12(6-10)17-8-13-7-11(15)9-19-13/h3-7,9,17H,2,8H2,1H3,(H,16,18). The summed E-state index contributed by atoms with van der Waals surface area (Å²) in [5.41, 5.74) is 1.63. The van der Waals surface area contributed by atoms with Crippen molar-refractivity contribution in [3.63, 3.8) is 0 Å². The van der Waals surface area contributed by atoms with E-state index >= 15 is 0 Å². The molecule has 2 aromatic rings. The topological polar surface area (TPSA) is 41.1 Å². The lowest BCUT2D eigenvalue weighted by Gasteiger charge is -2.07. The van der Waals surface area contributed by atoms with E-state index in [1.807, 2.05) is 31.2 Å². The Kier molecular flexibility index (Phi) is 4.99. The first-order valence-electron chi connectivity index (χ1n) is 6.04. The van der Waals surface area contributed by atoms with E-state index in [0.717, 1.165) is 16.7 Å². The van der Waals surface area contributed by atoms with Crippen LogP contribution in [0.1, 0.15) is 22.2 Å². The summed E-state index contributed by atoms with van der Waals surface area (Å²) < 4.78 is 1.10. The quantitative estimate of drug-likeness (QED) is 0.868. The van der Waals surface area contributed by atoms with Crippen LogP contribution in [0.5, 0.6) is 0 Å². The monoisotopic (exact) mass is 338 g/mol. The number of hydrogen-bond donors (Lipinski definition) is 2. The number of anilines is 1. The van der Waals surface area contributed by atoms with E-state index in [1.165, 1.54) is 4.88 Å². The lowest BCUT2D eigenvalue weighted by Crippen LogP contribution is -2.22. The Labute approximate surface area is 125 Å². The molecule has 19 heavy (non-hydrogen) atoms. The van der Waals surface area contributed by atoms with Crippen LogP contribution in [0.15, 0.2) is 40.2 Å². The summed E-state index contributed by atoms with van der Waals surface area (Å²) in [7, 11) is 0. The first kappa shape index (κ1) is 14.1. The minimum Gasteiger partial charge on any atom is -0.380 e. The van der Waals surface area contributed by atoms with Gasteiger partial charge in [0.2, 0.25) is 0 Å². The van der Waals surface area contributed by atoms with Crippen molar-refractivity contribution < 1.29 is 4.79 Å². The van der Waals surface area contributed by atoms with E-state index in [4.69, 9.17) is 0 Å². The largest absolute Gasteiger partial charge is 0.380 e. The van der Waals surface area contributed by atoms with Crippen molar-refractivity contribution in [2.24, 2.45) is 0 Å². The maximum Gasteiger partial charge on any atom is 0.251 e. The zero-order valence-corrected chi connectivity index (χ0v) is 13.0. The van der Waals surface area contributed by atoms with Gasteiger partial charge in [-0.25, -0.2) is 0 Å². The summed E-state index contributed by atoms with van der Waals surface area (Å²) in [5, 5.41) is 8.17. The highest BCUT2D eigenvalue weighted by Crippen LogP contribution is 2.21. The van der Waals surface area contributed by atoms with Crippen molar-refractivity contribution in [2.45, 2.75) is 13.5 Å². The molecule has 1 heterocycles. The molecular weight excluding hydrogens is 324 g/mol. The summed E-state index contributed by atoms with van der Waals surface area (Å²) in [6.45, 7) is 3.31. The third-order valence-electron chi connectivity index (χ3n) is 2.55. The Hall–Kier alpha value is -1.33. The number of nitrogens with one attached hydrogen (secondary N) is 2. The predicted octanol–water partition coefficient (Wildman–Crippen LogP) is 3.87.